The van der Waals surface area contributed by atoms with Crippen molar-refractivity contribution in [2.75, 3.05) is 39.8 Å². The van der Waals surface area contributed by atoms with Gasteiger partial charge in [0.25, 0.3) is 11.2 Å². The van der Waals surface area contributed by atoms with E-state index in [1.807, 2.05) is 35.2 Å². The van der Waals surface area contributed by atoms with Gasteiger partial charge in [0.1, 0.15) is 11.6 Å². The Morgan fingerprint density at radius 3 is 2.30 bits per heavy atom. The average molecular weight is 762 g/mol. The number of carbonyl (C=O) groups excluding carboxylic acids is 1. The maximum atomic E-state index is 14.1. The first-order valence-electron chi connectivity index (χ1n) is 15.7. The summed E-state index contributed by atoms with van der Waals surface area (Å²) in [4.78, 5) is 45.0. The molecule has 258 valence electrons. The van der Waals surface area contributed by atoms with Gasteiger partial charge in [-0.1, -0.05) is 46.3 Å². The van der Waals surface area contributed by atoms with E-state index >= 15 is 0 Å². The van der Waals surface area contributed by atoms with Gasteiger partial charge in [-0.15, -0.1) is 0 Å². The number of nitrogens with one attached hydrogen (secondary N) is 1. The van der Waals surface area contributed by atoms with Gasteiger partial charge in [0.2, 0.25) is 15.9 Å². The zero-order chi connectivity index (χ0) is 35.4. The fourth-order valence-corrected chi connectivity index (χ4v) is 7.68. The van der Waals surface area contributed by atoms with E-state index < -0.39 is 21.0 Å². The molecule has 0 saturated carbocycles. The number of carbonyl (C=O) groups is 1. The van der Waals surface area contributed by atoms with Gasteiger partial charge in [0.15, 0.2) is 0 Å². The standard InChI is InChI=1S/C35H33BrN6O7S/c1-49-28-12-8-26(9-13-28)41-34(38-31-22-25(36)7-16-30(31)35(41)44)32(21-24-5-3-2-4-6-24)37-33(43)23-39-17-19-40(20-18-39)50(47,48)29-14-10-27(11-15-29)42(45)46/h2-16,22,32H,17-21,23H2,1H3,(H,37,43)/t32-/m0/s1. The van der Waals surface area contributed by atoms with E-state index in [4.69, 9.17) is 9.72 Å². The molecular weight excluding hydrogens is 728 g/mol. The molecular formula is C35H33BrN6O7S. The molecule has 50 heavy (non-hydrogen) atoms. The van der Waals surface area contributed by atoms with Gasteiger partial charge < -0.3 is 10.1 Å². The molecule has 0 radical (unpaired) electrons. The Bertz CT molecular complexity index is 2190. The van der Waals surface area contributed by atoms with Crippen LogP contribution in [0.2, 0.25) is 0 Å². The summed E-state index contributed by atoms with van der Waals surface area (Å²) in [5.41, 5.74) is 1.47. The highest BCUT2D eigenvalue weighted by Crippen LogP contribution is 2.25. The van der Waals surface area contributed by atoms with Crippen molar-refractivity contribution < 1.29 is 22.9 Å². The van der Waals surface area contributed by atoms with Crippen molar-refractivity contribution >= 4 is 48.5 Å². The van der Waals surface area contributed by atoms with Crippen LogP contribution >= 0.6 is 15.9 Å². The van der Waals surface area contributed by atoms with E-state index in [-0.39, 0.29) is 41.7 Å². The molecule has 6 rings (SSSR count). The number of fused-ring (bicyclic) bond motifs is 1. The molecule has 1 atom stereocenters. The molecule has 1 N–H and O–H groups in total. The molecule has 1 aliphatic rings. The van der Waals surface area contributed by atoms with Crippen molar-refractivity contribution in [1.82, 2.24) is 24.1 Å². The first-order valence-corrected chi connectivity index (χ1v) is 17.9. The summed E-state index contributed by atoms with van der Waals surface area (Å²) >= 11 is 3.48. The van der Waals surface area contributed by atoms with E-state index in [0.717, 1.165) is 22.2 Å². The van der Waals surface area contributed by atoms with Gasteiger partial charge in [-0.2, -0.15) is 4.31 Å². The predicted octanol–water partition coefficient (Wildman–Crippen LogP) is 4.47. The molecule has 4 aromatic carbocycles. The number of nitro groups is 1. The van der Waals surface area contributed by atoms with Crippen LogP contribution < -0.4 is 15.6 Å². The van der Waals surface area contributed by atoms with Gasteiger partial charge in [-0.05, 0) is 66.6 Å². The summed E-state index contributed by atoms with van der Waals surface area (Å²) < 4.78 is 35.3. The second-order valence-corrected chi connectivity index (χ2v) is 14.6. The Morgan fingerprint density at radius 1 is 0.980 bits per heavy atom. The number of methoxy groups -OCH3 is 1. The van der Waals surface area contributed by atoms with Crippen LogP contribution in [0.25, 0.3) is 16.6 Å². The molecule has 0 spiro atoms. The van der Waals surface area contributed by atoms with Gasteiger partial charge in [0, 0.05) is 42.8 Å². The monoisotopic (exact) mass is 760 g/mol. The normalized spacial score (nSPS) is 14.7. The number of hydrogen-bond acceptors (Lipinski definition) is 9. The van der Waals surface area contributed by atoms with E-state index in [1.54, 1.807) is 49.6 Å². The molecule has 0 bridgehead atoms. The fraction of sp³-hybridized carbons (Fsp3) is 0.229. The van der Waals surface area contributed by atoms with Crippen LogP contribution in [0.5, 0.6) is 5.75 Å². The minimum absolute atomic E-state index is 0.0113. The van der Waals surface area contributed by atoms with Gasteiger partial charge in [-0.25, -0.2) is 13.4 Å². The molecule has 0 aliphatic carbocycles. The number of halogens is 1. The zero-order valence-corrected chi connectivity index (χ0v) is 29.3. The van der Waals surface area contributed by atoms with E-state index in [1.165, 1.54) is 21.0 Å². The second-order valence-electron chi connectivity index (χ2n) is 11.7. The Kier molecular flexibility index (Phi) is 10.4. The molecule has 2 heterocycles. The number of benzene rings is 4. The zero-order valence-electron chi connectivity index (χ0n) is 26.9. The molecule has 13 nitrogen and oxygen atoms in total. The van der Waals surface area contributed by atoms with Crippen LogP contribution in [0.1, 0.15) is 17.4 Å². The Balaban J connectivity index is 1.26. The number of piperazine rings is 1. The maximum absolute atomic E-state index is 14.1. The molecule has 1 amide bonds. The SMILES string of the molecule is COc1ccc(-n2c([C@H](Cc3ccccc3)NC(=O)CN3CCN(S(=O)(=O)c4ccc([N+](=O)[O-])cc4)CC3)nc3cc(Br)ccc3c2=O)cc1. The summed E-state index contributed by atoms with van der Waals surface area (Å²) in [7, 11) is -2.31. The molecule has 0 unspecified atom stereocenters. The van der Waals surface area contributed by atoms with Gasteiger partial charge in [-0.3, -0.25) is 29.2 Å². The molecule has 1 saturated heterocycles. The topological polar surface area (TPSA) is 157 Å². The number of nitro benzene ring substituents is 1. The number of rotatable bonds is 11. The lowest BCUT2D eigenvalue weighted by molar-refractivity contribution is -0.384. The smallest absolute Gasteiger partial charge is 0.269 e. The maximum Gasteiger partial charge on any atom is 0.269 e. The lowest BCUT2D eigenvalue weighted by Crippen LogP contribution is -2.51. The van der Waals surface area contributed by atoms with Crippen molar-refractivity contribution in [3.05, 3.63) is 133 Å². The Hall–Kier alpha value is -4.96. The average Bonchev–Trinajstić information content (AvgIpc) is 3.12. The number of non-ortho nitro benzene ring substituents is 1. The fourth-order valence-electron chi connectivity index (χ4n) is 5.91. The van der Waals surface area contributed by atoms with Crippen LogP contribution in [0.3, 0.4) is 0 Å². The number of ether oxygens (including phenoxy) is 1. The largest absolute Gasteiger partial charge is 0.497 e. The quantitative estimate of drug-likeness (QED) is 0.152. The summed E-state index contributed by atoms with van der Waals surface area (Å²) in [5, 5.41) is 14.5. The van der Waals surface area contributed by atoms with Crippen LogP contribution in [0, 0.1) is 10.1 Å². The summed E-state index contributed by atoms with van der Waals surface area (Å²) in [5.74, 6) is 0.653. The van der Waals surface area contributed by atoms with Crippen LogP contribution in [-0.2, 0) is 21.2 Å². The molecule has 1 fully saturated rings. The van der Waals surface area contributed by atoms with Gasteiger partial charge >= 0.3 is 0 Å². The van der Waals surface area contributed by atoms with Crippen molar-refractivity contribution in [1.29, 1.82) is 0 Å². The number of amides is 1. The first kappa shape index (κ1) is 34.9. The second kappa shape index (κ2) is 14.9. The molecule has 1 aliphatic heterocycles. The third-order valence-electron chi connectivity index (χ3n) is 8.50. The minimum Gasteiger partial charge on any atom is -0.497 e. The van der Waals surface area contributed by atoms with Crippen molar-refractivity contribution in [2.24, 2.45) is 0 Å². The number of hydrogen-bond donors (Lipinski definition) is 1. The summed E-state index contributed by atoms with van der Waals surface area (Å²) in [6.07, 6.45) is 0.343. The lowest BCUT2D eigenvalue weighted by atomic mass is 10.0. The van der Waals surface area contributed by atoms with Crippen LogP contribution in [0.4, 0.5) is 5.69 Å². The lowest BCUT2D eigenvalue weighted by Gasteiger charge is -2.34. The third-order valence-corrected chi connectivity index (χ3v) is 10.9. The predicted molar refractivity (Wildman–Crippen MR) is 191 cm³/mol. The van der Waals surface area contributed by atoms with Gasteiger partial charge in [0.05, 0.1) is 46.1 Å². The first-order chi connectivity index (χ1) is 24.0. The van der Waals surface area contributed by atoms with Crippen molar-refractivity contribution in [3.8, 4) is 11.4 Å². The highest BCUT2D eigenvalue weighted by molar-refractivity contribution is 9.10. The number of aromatic nitrogens is 2. The summed E-state index contributed by atoms with van der Waals surface area (Å²) in [6.45, 7) is 0.850. The molecule has 1 aromatic heterocycles. The highest BCUT2D eigenvalue weighted by Gasteiger charge is 2.30. The van der Waals surface area contributed by atoms with E-state index in [0.29, 0.717) is 47.7 Å². The van der Waals surface area contributed by atoms with E-state index in [2.05, 4.69) is 21.2 Å². The highest BCUT2D eigenvalue weighted by atomic mass is 79.9. The van der Waals surface area contributed by atoms with Crippen molar-refractivity contribution in [3.63, 3.8) is 0 Å². The number of sulfonamides is 1. The number of nitrogens with zero attached hydrogens (tertiary/aromatic N) is 5. The Labute approximate surface area is 296 Å². The van der Waals surface area contributed by atoms with Crippen LogP contribution in [-0.4, -0.2) is 77.8 Å². The van der Waals surface area contributed by atoms with Crippen LogP contribution in [0.15, 0.2) is 111 Å². The van der Waals surface area contributed by atoms with Crippen molar-refractivity contribution in [2.45, 2.75) is 17.4 Å². The molecule has 5 aromatic rings. The minimum atomic E-state index is -3.88. The summed E-state index contributed by atoms with van der Waals surface area (Å²) in [6, 6.07) is 26.0. The third kappa shape index (κ3) is 7.60. The van der Waals surface area contributed by atoms with E-state index in [9.17, 15) is 28.1 Å². The molecule has 15 heteroatoms. The Morgan fingerprint density at radius 2 is 1.66 bits per heavy atom.